The largest absolute Gasteiger partial charge is 0.495 e. The first kappa shape index (κ1) is 25.0. The van der Waals surface area contributed by atoms with Gasteiger partial charge >= 0.3 is 0 Å². The molecular formula is C29H37N3O3. The fourth-order valence-electron chi connectivity index (χ4n) is 5.43. The zero-order valence-corrected chi connectivity index (χ0v) is 21.2. The van der Waals surface area contributed by atoms with E-state index in [4.69, 9.17) is 9.72 Å². The second-order valence-electron chi connectivity index (χ2n) is 9.50. The van der Waals surface area contributed by atoms with E-state index in [2.05, 4.69) is 13.8 Å². The topological polar surface area (TPSA) is 64.4 Å². The predicted molar refractivity (Wildman–Crippen MR) is 140 cm³/mol. The van der Waals surface area contributed by atoms with Crippen molar-refractivity contribution < 1.29 is 9.53 Å². The second kappa shape index (κ2) is 11.5. The van der Waals surface area contributed by atoms with Crippen molar-refractivity contribution in [3.63, 3.8) is 0 Å². The second-order valence-corrected chi connectivity index (χ2v) is 9.50. The third kappa shape index (κ3) is 5.26. The summed E-state index contributed by atoms with van der Waals surface area (Å²) in [7, 11) is 1.60. The van der Waals surface area contributed by atoms with Gasteiger partial charge in [0.05, 0.1) is 29.7 Å². The van der Waals surface area contributed by atoms with Gasteiger partial charge in [0.2, 0.25) is 5.91 Å². The van der Waals surface area contributed by atoms with Crippen molar-refractivity contribution in [2.75, 3.05) is 13.7 Å². The lowest BCUT2D eigenvalue weighted by atomic mass is 10.0. The van der Waals surface area contributed by atoms with Crippen LogP contribution in [0.25, 0.3) is 16.6 Å². The Kier molecular flexibility index (Phi) is 8.21. The number of hydrogen-bond donors (Lipinski definition) is 0. The first-order chi connectivity index (χ1) is 17.1. The van der Waals surface area contributed by atoms with Gasteiger partial charge in [0.25, 0.3) is 5.56 Å². The Balaban J connectivity index is 1.83. The fourth-order valence-corrected chi connectivity index (χ4v) is 5.43. The molecule has 0 spiro atoms. The van der Waals surface area contributed by atoms with Crippen LogP contribution in [0.2, 0.25) is 0 Å². The van der Waals surface area contributed by atoms with Gasteiger partial charge in [-0.2, -0.15) is 0 Å². The van der Waals surface area contributed by atoms with Gasteiger partial charge in [-0.05, 0) is 49.4 Å². The molecule has 1 saturated carbocycles. The van der Waals surface area contributed by atoms with E-state index in [1.807, 2.05) is 47.4 Å². The molecule has 2 aromatic carbocycles. The molecule has 4 rings (SSSR count). The lowest BCUT2D eigenvalue weighted by molar-refractivity contribution is -0.134. The zero-order chi connectivity index (χ0) is 24.8. The van der Waals surface area contributed by atoms with Gasteiger partial charge < -0.3 is 9.64 Å². The zero-order valence-electron chi connectivity index (χ0n) is 21.2. The molecule has 1 fully saturated rings. The molecule has 0 radical (unpaired) electrons. The molecule has 186 valence electrons. The Morgan fingerprint density at radius 1 is 1.11 bits per heavy atom. The van der Waals surface area contributed by atoms with Crippen LogP contribution in [0.15, 0.2) is 53.3 Å². The molecule has 3 aromatic rings. The van der Waals surface area contributed by atoms with Crippen LogP contribution in [0.4, 0.5) is 0 Å². The summed E-state index contributed by atoms with van der Waals surface area (Å²) >= 11 is 0. The number of hydrogen-bond acceptors (Lipinski definition) is 4. The summed E-state index contributed by atoms with van der Waals surface area (Å²) in [6, 6.07) is 14.6. The van der Waals surface area contributed by atoms with Crippen LogP contribution in [-0.2, 0) is 4.79 Å². The number of benzene rings is 2. The van der Waals surface area contributed by atoms with Crippen LogP contribution in [0.3, 0.4) is 0 Å². The summed E-state index contributed by atoms with van der Waals surface area (Å²) in [5, 5.41) is 0.548. The Morgan fingerprint density at radius 2 is 1.83 bits per heavy atom. The fraction of sp³-hybridized carbons (Fsp3) is 0.483. The Bertz CT molecular complexity index is 1210. The number of carbonyl (C=O) groups excluding carboxylic acids is 1. The van der Waals surface area contributed by atoms with Crippen LogP contribution in [0, 0.1) is 5.92 Å². The maximum absolute atomic E-state index is 13.9. The maximum atomic E-state index is 13.9. The SMILES string of the molecule is CCCN(C(=O)CCC1CCCC1)C(CC)c1nc2ccccc2c(=O)n1-c1ccccc1OC. The van der Waals surface area contributed by atoms with Crippen molar-refractivity contribution in [2.24, 2.45) is 5.92 Å². The normalized spacial score (nSPS) is 14.8. The highest BCUT2D eigenvalue weighted by Crippen LogP contribution is 2.32. The number of carbonyl (C=O) groups is 1. The molecule has 1 atom stereocenters. The van der Waals surface area contributed by atoms with Crippen LogP contribution in [0.1, 0.15) is 77.1 Å². The summed E-state index contributed by atoms with van der Waals surface area (Å²) < 4.78 is 7.27. The number of fused-ring (bicyclic) bond motifs is 1. The number of ether oxygens (including phenoxy) is 1. The van der Waals surface area contributed by atoms with Gasteiger partial charge in [0.1, 0.15) is 11.6 Å². The van der Waals surface area contributed by atoms with Crippen LogP contribution >= 0.6 is 0 Å². The monoisotopic (exact) mass is 475 g/mol. The quantitative estimate of drug-likeness (QED) is 0.358. The van der Waals surface area contributed by atoms with E-state index in [1.165, 1.54) is 25.7 Å². The molecule has 0 aliphatic heterocycles. The molecule has 6 nitrogen and oxygen atoms in total. The molecule has 1 amide bonds. The van der Waals surface area contributed by atoms with Gasteiger partial charge in [0, 0.05) is 13.0 Å². The smallest absolute Gasteiger partial charge is 0.266 e. The number of methoxy groups -OCH3 is 1. The van der Waals surface area contributed by atoms with Gasteiger partial charge in [-0.3, -0.25) is 14.2 Å². The standard InChI is InChI=1S/C29H37N3O3/c1-4-20-31(27(33)19-18-21-12-6-7-13-21)24(5-2)28-30-23-15-9-8-14-22(23)29(34)32(28)25-16-10-11-17-26(25)35-3/h8-11,14-17,21,24H,4-7,12-13,18-20H2,1-3H3. The summed E-state index contributed by atoms with van der Waals surface area (Å²) in [5.41, 5.74) is 1.14. The molecule has 0 saturated heterocycles. The highest BCUT2D eigenvalue weighted by molar-refractivity contribution is 5.79. The van der Waals surface area contributed by atoms with Gasteiger partial charge in [-0.25, -0.2) is 4.98 Å². The van der Waals surface area contributed by atoms with E-state index in [1.54, 1.807) is 17.7 Å². The van der Waals surface area contributed by atoms with Gasteiger partial charge in [-0.1, -0.05) is 63.8 Å². The Morgan fingerprint density at radius 3 is 2.54 bits per heavy atom. The van der Waals surface area contributed by atoms with E-state index in [9.17, 15) is 9.59 Å². The van der Waals surface area contributed by atoms with Crippen LogP contribution in [0.5, 0.6) is 5.75 Å². The average Bonchev–Trinajstić information content (AvgIpc) is 3.41. The molecule has 6 heteroatoms. The molecule has 1 aliphatic rings. The predicted octanol–water partition coefficient (Wildman–Crippen LogP) is 6.05. The maximum Gasteiger partial charge on any atom is 0.266 e. The third-order valence-electron chi connectivity index (χ3n) is 7.21. The van der Waals surface area contributed by atoms with Crippen molar-refractivity contribution in [3.05, 3.63) is 64.7 Å². The lowest BCUT2D eigenvalue weighted by Gasteiger charge is -2.32. The number of aromatic nitrogens is 2. The summed E-state index contributed by atoms with van der Waals surface area (Å²) in [4.78, 5) is 34.4. The highest BCUT2D eigenvalue weighted by Gasteiger charge is 2.29. The summed E-state index contributed by atoms with van der Waals surface area (Å²) in [6.07, 6.45) is 8.03. The molecule has 1 aliphatic carbocycles. The molecule has 1 aromatic heterocycles. The van der Waals surface area contributed by atoms with E-state index in [0.29, 0.717) is 53.5 Å². The van der Waals surface area contributed by atoms with E-state index < -0.39 is 0 Å². The van der Waals surface area contributed by atoms with Crippen molar-refractivity contribution >= 4 is 16.8 Å². The third-order valence-corrected chi connectivity index (χ3v) is 7.21. The van der Waals surface area contributed by atoms with Crippen LogP contribution < -0.4 is 10.3 Å². The average molecular weight is 476 g/mol. The lowest BCUT2D eigenvalue weighted by Crippen LogP contribution is -2.39. The molecule has 1 unspecified atom stereocenters. The van der Waals surface area contributed by atoms with Crippen molar-refractivity contribution in [1.29, 1.82) is 0 Å². The van der Waals surface area contributed by atoms with Gasteiger partial charge in [-0.15, -0.1) is 0 Å². The van der Waals surface area contributed by atoms with Gasteiger partial charge in [0.15, 0.2) is 0 Å². The molecule has 0 N–H and O–H groups in total. The highest BCUT2D eigenvalue weighted by atomic mass is 16.5. The van der Waals surface area contributed by atoms with Crippen molar-refractivity contribution in [3.8, 4) is 11.4 Å². The summed E-state index contributed by atoms with van der Waals surface area (Å²) in [5.74, 6) is 1.99. The first-order valence-corrected chi connectivity index (χ1v) is 13.0. The summed E-state index contributed by atoms with van der Waals surface area (Å²) in [6.45, 7) is 4.78. The minimum Gasteiger partial charge on any atom is -0.495 e. The van der Waals surface area contributed by atoms with E-state index in [0.717, 1.165) is 12.8 Å². The molecule has 0 bridgehead atoms. The Labute approximate surface area is 207 Å². The van der Waals surface area contributed by atoms with Crippen molar-refractivity contribution in [1.82, 2.24) is 14.5 Å². The number of nitrogens with zero attached hydrogens (tertiary/aromatic N) is 3. The number of amides is 1. The minimum absolute atomic E-state index is 0.150. The Hall–Kier alpha value is -3.15. The van der Waals surface area contributed by atoms with E-state index in [-0.39, 0.29) is 17.5 Å². The van der Waals surface area contributed by atoms with Crippen molar-refractivity contribution in [2.45, 2.75) is 71.3 Å². The van der Waals surface area contributed by atoms with E-state index >= 15 is 0 Å². The molecular weight excluding hydrogens is 438 g/mol. The minimum atomic E-state index is -0.312. The number of rotatable bonds is 10. The number of para-hydroxylation sites is 3. The molecule has 1 heterocycles. The molecule has 35 heavy (non-hydrogen) atoms. The van der Waals surface area contributed by atoms with Crippen LogP contribution in [-0.4, -0.2) is 34.0 Å². The first-order valence-electron chi connectivity index (χ1n) is 13.0.